The van der Waals surface area contributed by atoms with E-state index in [0.717, 1.165) is 23.4 Å². The summed E-state index contributed by atoms with van der Waals surface area (Å²) in [7, 11) is 4.04. The second-order valence-corrected chi connectivity index (χ2v) is 6.39. The largest absolute Gasteiger partial charge is 0.478 e. The van der Waals surface area contributed by atoms with Crippen LogP contribution in [0.5, 0.6) is 0 Å². The monoisotopic (exact) mass is 351 g/mol. The summed E-state index contributed by atoms with van der Waals surface area (Å²) in [6.45, 7) is 5.98. The van der Waals surface area contributed by atoms with Gasteiger partial charge in [0.15, 0.2) is 6.23 Å². The maximum atomic E-state index is 6.13. The van der Waals surface area contributed by atoms with Crippen molar-refractivity contribution in [3.63, 3.8) is 0 Å². The first-order valence-corrected chi connectivity index (χ1v) is 8.72. The van der Waals surface area contributed by atoms with Crippen molar-refractivity contribution >= 4 is 17.3 Å². The summed E-state index contributed by atoms with van der Waals surface area (Å²) in [5.41, 5.74) is 2.69. The Labute approximate surface area is 155 Å². The molecule has 0 radical (unpaired) electrons. The van der Waals surface area contributed by atoms with Gasteiger partial charge < -0.3 is 14.4 Å². The molecular weight excluding hydrogens is 326 g/mol. The van der Waals surface area contributed by atoms with Crippen LogP contribution in [0.25, 0.3) is 5.76 Å². The van der Waals surface area contributed by atoms with Gasteiger partial charge in [-0.25, -0.2) is 4.99 Å². The van der Waals surface area contributed by atoms with Crippen LogP contribution in [0, 0.1) is 0 Å². The third-order valence-electron chi connectivity index (χ3n) is 4.06. The van der Waals surface area contributed by atoms with Gasteiger partial charge in [-0.3, -0.25) is 5.32 Å². The minimum atomic E-state index is -0.322. The Morgan fingerprint density at radius 3 is 2.65 bits per heavy atom. The lowest BCUT2D eigenvalue weighted by Crippen LogP contribution is -2.31. The van der Waals surface area contributed by atoms with E-state index in [0.29, 0.717) is 24.8 Å². The third-order valence-corrected chi connectivity index (χ3v) is 4.06. The van der Waals surface area contributed by atoms with Crippen LogP contribution >= 0.6 is 0 Å². The fourth-order valence-corrected chi connectivity index (χ4v) is 2.65. The summed E-state index contributed by atoms with van der Waals surface area (Å²) in [6, 6.07) is 17.8. The summed E-state index contributed by atoms with van der Waals surface area (Å²) in [5, 5.41) is 3.38. The first-order chi connectivity index (χ1) is 12.6. The van der Waals surface area contributed by atoms with Crippen molar-refractivity contribution in [1.82, 2.24) is 10.2 Å². The molecule has 0 aromatic heterocycles. The lowest BCUT2D eigenvalue weighted by Gasteiger charge is -2.21. The van der Waals surface area contributed by atoms with Gasteiger partial charge in [-0.1, -0.05) is 49.0 Å². The molecule has 1 atom stereocenters. The quantitative estimate of drug-likeness (QED) is 0.914. The van der Waals surface area contributed by atoms with E-state index in [1.807, 2.05) is 68.7 Å². The highest BCUT2D eigenvalue weighted by atomic mass is 16.5. The van der Waals surface area contributed by atoms with Gasteiger partial charge in [-0.05, 0) is 26.2 Å². The number of nitrogens with zero attached hydrogens (tertiary/aromatic N) is 2. The Morgan fingerprint density at radius 1 is 1.15 bits per heavy atom. The van der Waals surface area contributed by atoms with Crippen LogP contribution in [0.1, 0.15) is 17.4 Å². The van der Waals surface area contributed by atoms with E-state index >= 15 is 0 Å². The molecule has 0 saturated carbocycles. The molecule has 0 saturated heterocycles. The van der Waals surface area contributed by atoms with E-state index in [1.165, 1.54) is 0 Å². The van der Waals surface area contributed by atoms with Crippen molar-refractivity contribution in [2.24, 2.45) is 4.99 Å². The number of aliphatic imine (C=N–C) groups is 1. The van der Waals surface area contributed by atoms with Gasteiger partial charge in [0.2, 0.25) is 5.90 Å². The Kier molecular flexibility index (Phi) is 6.04. The molecule has 0 fully saturated rings. The van der Waals surface area contributed by atoms with E-state index in [-0.39, 0.29) is 6.23 Å². The smallest absolute Gasteiger partial charge is 0.203 e. The third kappa shape index (κ3) is 4.71. The molecule has 0 bridgehead atoms. The normalized spacial score (nSPS) is 17.4. The molecule has 136 valence electrons. The molecule has 2 aromatic carbocycles. The Bertz CT molecular complexity index is 772. The summed E-state index contributed by atoms with van der Waals surface area (Å²) in [6.07, 6.45) is -0.322. The van der Waals surface area contributed by atoms with Crippen molar-refractivity contribution in [2.45, 2.75) is 6.23 Å². The average molecular weight is 351 g/mol. The van der Waals surface area contributed by atoms with Crippen molar-refractivity contribution in [1.29, 1.82) is 0 Å². The van der Waals surface area contributed by atoms with Crippen molar-refractivity contribution in [2.75, 3.05) is 33.8 Å². The molecule has 1 aliphatic rings. The van der Waals surface area contributed by atoms with Crippen LogP contribution in [0.2, 0.25) is 0 Å². The fourth-order valence-electron chi connectivity index (χ4n) is 2.65. The van der Waals surface area contributed by atoms with Gasteiger partial charge in [0.05, 0.1) is 12.2 Å². The predicted molar refractivity (Wildman–Crippen MR) is 105 cm³/mol. The Morgan fingerprint density at radius 2 is 1.88 bits per heavy atom. The van der Waals surface area contributed by atoms with Crippen LogP contribution < -0.4 is 5.32 Å². The molecule has 5 heteroatoms. The molecule has 3 rings (SSSR count). The highest BCUT2D eigenvalue weighted by molar-refractivity contribution is 5.84. The van der Waals surface area contributed by atoms with Crippen LogP contribution in [-0.2, 0) is 9.47 Å². The van der Waals surface area contributed by atoms with Gasteiger partial charge in [-0.15, -0.1) is 0 Å². The minimum absolute atomic E-state index is 0.322. The molecule has 1 heterocycles. The van der Waals surface area contributed by atoms with Crippen LogP contribution in [0.4, 0.5) is 5.69 Å². The predicted octanol–water partition coefficient (Wildman–Crippen LogP) is 3.58. The molecule has 0 aliphatic carbocycles. The number of benzene rings is 2. The van der Waals surface area contributed by atoms with E-state index < -0.39 is 0 Å². The topological polar surface area (TPSA) is 46.1 Å². The SMILES string of the molecule is C=C1OC(c2ccccc2)NCC(OCCN(C)C)=Nc2ccccc21. The number of nitrogens with one attached hydrogen (secondary N) is 1. The molecule has 1 N–H and O–H groups in total. The second-order valence-electron chi connectivity index (χ2n) is 6.39. The molecule has 0 amide bonds. The molecule has 1 unspecified atom stereocenters. The summed E-state index contributed by atoms with van der Waals surface area (Å²) in [4.78, 5) is 6.79. The zero-order valence-electron chi connectivity index (χ0n) is 15.3. The zero-order valence-corrected chi connectivity index (χ0v) is 15.3. The number of likely N-dealkylation sites (N-methyl/N-ethyl adjacent to an activating group) is 1. The number of hydrogen-bond acceptors (Lipinski definition) is 5. The van der Waals surface area contributed by atoms with Gasteiger partial charge in [0, 0.05) is 17.7 Å². The maximum Gasteiger partial charge on any atom is 0.203 e. The highest BCUT2D eigenvalue weighted by Gasteiger charge is 2.19. The van der Waals surface area contributed by atoms with Crippen molar-refractivity contribution in [3.8, 4) is 0 Å². The van der Waals surface area contributed by atoms with Gasteiger partial charge in [0.1, 0.15) is 12.4 Å². The van der Waals surface area contributed by atoms with Crippen molar-refractivity contribution < 1.29 is 9.47 Å². The van der Waals surface area contributed by atoms with Gasteiger partial charge in [-0.2, -0.15) is 0 Å². The average Bonchev–Trinajstić information content (AvgIpc) is 2.71. The highest BCUT2D eigenvalue weighted by Crippen LogP contribution is 2.31. The molecule has 5 nitrogen and oxygen atoms in total. The zero-order chi connectivity index (χ0) is 18.4. The van der Waals surface area contributed by atoms with E-state index in [4.69, 9.17) is 14.5 Å². The second kappa shape index (κ2) is 8.65. The Balaban J connectivity index is 1.88. The van der Waals surface area contributed by atoms with Gasteiger partial charge in [0.25, 0.3) is 0 Å². The first-order valence-electron chi connectivity index (χ1n) is 8.72. The fraction of sp³-hybridized carbons (Fsp3) is 0.286. The summed E-state index contributed by atoms with van der Waals surface area (Å²) in [5.74, 6) is 1.22. The number of fused-ring (bicyclic) bond motifs is 1. The van der Waals surface area contributed by atoms with E-state index in [1.54, 1.807) is 0 Å². The molecule has 0 spiro atoms. The summed E-state index contributed by atoms with van der Waals surface area (Å²) >= 11 is 0. The number of ether oxygens (including phenoxy) is 2. The molecule has 2 aromatic rings. The van der Waals surface area contributed by atoms with Gasteiger partial charge >= 0.3 is 0 Å². The number of para-hydroxylation sites is 1. The van der Waals surface area contributed by atoms with Crippen molar-refractivity contribution in [3.05, 3.63) is 72.3 Å². The molecule has 26 heavy (non-hydrogen) atoms. The standard InChI is InChI=1S/C21H25N3O2/c1-16-18-11-7-8-12-19(18)23-20(25-14-13-24(2)3)15-22-21(26-16)17-9-5-4-6-10-17/h4-12,21-22H,1,13-15H2,2-3H3. The molecular formula is C21H25N3O2. The Hall–Kier alpha value is -2.63. The number of hydrogen-bond donors (Lipinski definition) is 1. The molecule has 1 aliphatic heterocycles. The lowest BCUT2D eigenvalue weighted by molar-refractivity contribution is 0.136. The summed E-state index contributed by atoms with van der Waals surface area (Å²) < 4.78 is 12.1. The number of rotatable bonds is 4. The van der Waals surface area contributed by atoms with Crippen LogP contribution in [0.3, 0.4) is 0 Å². The minimum Gasteiger partial charge on any atom is -0.478 e. The first kappa shape index (κ1) is 18.2. The van der Waals surface area contributed by atoms with E-state index in [2.05, 4.69) is 16.8 Å². The lowest BCUT2D eigenvalue weighted by atomic mass is 10.1. The van der Waals surface area contributed by atoms with Crippen LogP contribution in [0.15, 0.2) is 66.2 Å². The maximum absolute atomic E-state index is 6.13. The van der Waals surface area contributed by atoms with E-state index in [9.17, 15) is 0 Å². The van der Waals surface area contributed by atoms with Crippen LogP contribution in [-0.4, -0.2) is 44.6 Å².